The minimum Gasteiger partial charge on any atom is -0.372 e. The lowest BCUT2D eigenvalue weighted by molar-refractivity contribution is -0.0545. The molecule has 2 amide bonds. The number of morpholine rings is 1. The summed E-state index contributed by atoms with van der Waals surface area (Å²) in [6.45, 7) is 6.35. The number of carbonyl (C=O) groups is 1. The van der Waals surface area contributed by atoms with Gasteiger partial charge in [-0.05, 0) is 25.0 Å². The molecule has 0 spiro atoms. The molecular weight excluding hydrogens is 306 g/mol. The Hall–Kier alpha value is -2.41. The average Bonchev–Trinajstić information content (AvgIpc) is 3.06. The van der Waals surface area contributed by atoms with Crippen molar-refractivity contribution in [1.29, 1.82) is 0 Å². The smallest absolute Gasteiger partial charge is 0.317 e. The third-order valence-electron chi connectivity index (χ3n) is 4.05. The Morgan fingerprint density at radius 3 is 2.62 bits per heavy atom. The molecule has 1 aromatic heterocycles. The predicted molar refractivity (Wildman–Crippen MR) is 89.4 cm³/mol. The van der Waals surface area contributed by atoms with Crippen LogP contribution >= 0.6 is 0 Å². The number of nitrogens with one attached hydrogen (secondary N) is 1. The quantitative estimate of drug-likeness (QED) is 0.926. The SMILES string of the molecule is C[C@@H]1CN(C(=O)NCc2ccccc2Cn2cncn2)C[C@H](C)O1. The number of rotatable bonds is 4. The molecule has 1 saturated heterocycles. The van der Waals surface area contributed by atoms with Gasteiger partial charge in [-0.15, -0.1) is 0 Å². The minimum absolute atomic E-state index is 0.0486. The summed E-state index contributed by atoms with van der Waals surface area (Å²) in [6, 6.07) is 7.99. The van der Waals surface area contributed by atoms with E-state index in [4.69, 9.17) is 4.74 Å². The van der Waals surface area contributed by atoms with Gasteiger partial charge in [0.2, 0.25) is 0 Å². The molecule has 2 atom stereocenters. The molecule has 0 aliphatic carbocycles. The topological polar surface area (TPSA) is 72.3 Å². The summed E-state index contributed by atoms with van der Waals surface area (Å²) in [7, 11) is 0. The van der Waals surface area contributed by atoms with Gasteiger partial charge in [-0.2, -0.15) is 5.10 Å². The first-order valence-electron chi connectivity index (χ1n) is 8.19. The van der Waals surface area contributed by atoms with Crippen molar-refractivity contribution in [3.8, 4) is 0 Å². The lowest BCUT2D eigenvalue weighted by Gasteiger charge is -2.35. The standard InChI is InChI=1S/C17H23N5O2/c1-13-8-21(9-14(2)24-13)17(23)19-7-15-5-3-4-6-16(15)10-22-12-18-11-20-22/h3-6,11-14H,7-10H2,1-2H3,(H,19,23)/t13-,14+. The van der Waals surface area contributed by atoms with Crippen molar-refractivity contribution in [3.63, 3.8) is 0 Å². The third kappa shape index (κ3) is 4.11. The van der Waals surface area contributed by atoms with Crippen molar-refractivity contribution < 1.29 is 9.53 Å². The summed E-state index contributed by atoms with van der Waals surface area (Å²) >= 11 is 0. The number of hydrogen-bond acceptors (Lipinski definition) is 4. The van der Waals surface area contributed by atoms with Crippen LogP contribution < -0.4 is 5.32 Å². The maximum atomic E-state index is 12.4. The first-order chi connectivity index (χ1) is 11.6. The number of ether oxygens (including phenoxy) is 1. The zero-order valence-electron chi connectivity index (χ0n) is 14.1. The van der Waals surface area contributed by atoms with Crippen LogP contribution in [0.1, 0.15) is 25.0 Å². The molecule has 0 radical (unpaired) electrons. The van der Waals surface area contributed by atoms with Crippen molar-refractivity contribution in [3.05, 3.63) is 48.0 Å². The molecule has 1 N–H and O–H groups in total. The molecule has 1 fully saturated rings. The molecule has 128 valence electrons. The number of carbonyl (C=O) groups excluding carboxylic acids is 1. The van der Waals surface area contributed by atoms with Gasteiger partial charge < -0.3 is 15.0 Å². The van der Waals surface area contributed by atoms with Crippen LogP contribution in [-0.4, -0.2) is 51.0 Å². The van der Waals surface area contributed by atoms with Gasteiger partial charge in [0.05, 0.1) is 18.8 Å². The van der Waals surface area contributed by atoms with E-state index in [1.165, 1.54) is 6.33 Å². The van der Waals surface area contributed by atoms with Crippen LogP contribution in [0.5, 0.6) is 0 Å². The van der Waals surface area contributed by atoms with Gasteiger partial charge in [-0.25, -0.2) is 14.5 Å². The highest BCUT2D eigenvalue weighted by Gasteiger charge is 2.25. The Morgan fingerprint density at radius 1 is 1.25 bits per heavy atom. The van der Waals surface area contributed by atoms with Crippen molar-refractivity contribution in [1.82, 2.24) is 25.0 Å². The maximum Gasteiger partial charge on any atom is 0.317 e. The highest BCUT2D eigenvalue weighted by molar-refractivity contribution is 5.74. The number of benzene rings is 1. The Morgan fingerprint density at radius 2 is 1.96 bits per heavy atom. The van der Waals surface area contributed by atoms with E-state index >= 15 is 0 Å². The number of urea groups is 1. The van der Waals surface area contributed by atoms with Gasteiger partial charge in [0.25, 0.3) is 0 Å². The fourth-order valence-corrected chi connectivity index (χ4v) is 3.00. The first-order valence-corrected chi connectivity index (χ1v) is 8.19. The van der Waals surface area contributed by atoms with Crippen molar-refractivity contribution >= 4 is 6.03 Å². The summed E-state index contributed by atoms with van der Waals surface area (Å²) in [6.07, 6.45) is 3.34. The van der Waals surface area contributed by atoms with Crippen LogP contribution in [0.15, 0.2) is 36.9 Å². The fourth-order valence-electron chi connectivity index (χ4n) is 3.00. The van der Waals surface area contributed by atoms with Crippen molar-refractivity contribution in [2.24, 2.45) is 0 Å². The molecule has 1 aromatic carbocycles. The van der Waals surface area contributed by atoms with Crippen molar-refractivity contribution in [2.45, 2.75) is 39.1 Å². The van der Waals surface area contributed by atoms with E-state index in [1.807, 2.05) is 43.0 Å². The van der Waals surface area contributed by atoms with Gasteiger partial charge in [-0.1, -0.05) is 24.3 Å². The predicted octanol–water partition coefficient (Wildman–Crippen LogP) is 1.65. The van der Waals surface area contributed by atoms with Gasteiger partial charge in [0.15, 0.2) is 0 Å². The van der Waals surface area contributed by atoms with Crippen LogP contribution in [0.3, 0.4) is 0 Å². The van der Waals surface area contributed by atoms with Gasteiger partial charge in [0.1, 0.15) is 12.7 Å². The summed E-state index contributed by atoms with van der Waals surface area (Å²) in [5.74, 6) is 0. The van der Waals surface area contributed by atoms with Crippen LogP contribution in [0.4, 0.5) is 4.79 Å². The normalized spacial score (nSPS) is 20.8. The number of amides is 2. The zero-order valence-corrected chi connectivity index (χ0v) is 14.1. The third-order valence-corrected chi connectivity index (χ3v) is 4.05. The van der Waals surface area contributed by atoms with Crippen LogP contribution in [0.2, 0.25) is 0 Å². The van der Waals surface area contributed by atoms with E-state index in [9.17, 15) is 4.79 Å². The Bertz CT molecular complexity index is 663. The molecule has 0 unspecified atom stereocenters. The van der Waals surface area contributed by atoms with Crippen molar-refractivity contribution in [2.75, 3.05) is 13.1 Å². The highest BCUT2D eigenvalue weighted by atomic mass is 16.5. The molecule has 1 aliphatic rings. The molecule has 1 aliphatic heterocycles. The monoisotopic (exact) mass is 329 g/mol. The summed E-state index contributed by atoms with van der Waals surface area (Å²) < 4.78 is 7.44. The second kappa shape index (κ2) is 7.44. The Kier molecular flexibility index (Phi) is 5.10. The Balaban J connectivity index is 1.61. The molecule has 0 saturated carbocycles. The molecule has 3 rings (SSSR count). The number of hydrogen-bond donors (Lipinski definition) is 1. The molecule has 24 heavy (non-hydrogen) atoms. The second-order valence-corrected chi connectivity index (χ2v) is 6.18. The number of aromatic nitrogens is 3. The van der Waals surface area contributed by atoms with E-state index in [1.54, 1.807) is 11.0 Å². The van der Waals surface area contributed by atoms with E-state index < -0.39 is 0 Å². The lowest BCUT2D eigenvalue weighted by Crippen LogP contribution is -2.51. The van der Waals surface area contributed by atoms with Gasteiger partial charge in [-0.3, -0.25) is 0 Å². The molecule has 7 nitrogen and oxygen atoms in total. The van der Waals surface area contributed by atoms with E-state index in [0.717, 1.165) is 11.1 Å². The van der Waals surface area contributed by atoms with E-state index in [-0.39, 0.29) is 18.2 Å². The number of nitrogens with zero attached hydrogens (tertiary/aromatic N) is 4. The average molecular weight is 329 g/mol. The molecule has 0 bridgehead atoms. The molecule has 2 heterocycles. The van der Waals surface area contributed by atoms with E-state index in [2.05, 4.69) is 15.4 Å². The maximum absolute atomic E-state index is 12.4. The zero-order chi connectivity index (χ0) is 16.9. The minimum atomic E-state index is -0.0486. The largest absolute Gasteiger partial charge is 0.372 e. The first kappa shape index (κ1) is 16.4. The summed E-state index contributed by atoms with van der Waals surface area (Å²) in [5.41, 5.74) is 2.20. The van der Waals surface area contributed by atoms with Crippen LogP contribution in [0.25, 0.3) is 0 Å². The highest BCUT2D eigenvalue weighted by Crippen LogP contribution is 2.12. The molecule has 2 aromatic rings. The summed E-state index contributed by atoms with van der Waals surface area (Å²) in [5, 5.41) is 7.15. The summed E-state index contributed by atoms with van der Waals surface area (Å²) in [4.78, 5) is 18.2. The Labute approximate surface area is 141 Å². The lowest BCUT2D eigenvalue weighted by atomic mass is 10.1. The second-order valence-electron chi connectivity index (χ2n) is 6.18. The van der Waals surface area contributed by atoms with E-state index in [0.29, 0.717) is 26.2 Å². The molecule has 7 heteroatoms. The van der Waals surface area contributed by atoms with Crippen LogP contribution in [-0.2, 0) is 17.8 Å². The molecular formula is C17H23N5O2. The van der Waals surface area contributed by atoms with Gasteiger partial charge in [0, 0.05) is 19.6 Å². The van der Waals surface area contributed by atoms with Crippen LogP contribution in [0, 0.1) is 0 Å². The fraction of sp³-hybridized carbons (Fsp3) is 0.471. The van der Waals surface area contributed by atoms with Gasteiger partial charge >= 0.3 is 6.03 Å².